The van der Waals surface area contributed by atoms with Gasteiger partial charge in [-0.15, -0.1) is 0 Å². The molecule has 4 nitrogen and oxygen atoms in total. The molecule has 0 saturated carbocycles. The molecule has 0 atom stereocenters. The van der Waals surface area contributed by atoms with Crippen molar-refractivity contribution in [3.8, 4) is 0 Å². The number of carbonyl (C=O) groups is 1. The molecule has 0 heterocycles. The van der Waals surface area contributed by atoms with Crippen molar-refractivity contribution in [2.45, 2.75) is 39.7 Å². The number of hydrogen-bond donors (Lipinski definition) is 2. The molecule has 0 unspecified atom stereocenters. The Hall–Kier alpha value is -0.610. The molecule has 0 aromatic rings. The summed E-state index contributed by atoms with van der Waals surface area (Å²) in [7, 11) is 0. The van der Waals surface area contributed by atoms with Gasteiger partial charge in [0.2, 0.25) is 5.91 Å². The van der Waals surface area contributed by atoms with Gasteiger partial charge >= 0.3 is 0 Å². The van der Waals surface area contributed by atoms with Crippen molar-refractivity contribution in [2.75, 3.05) is 19.8 Å². The number of nitrogens with one attached hydrogen (secondary N) is 1. The number of aliphatic hydroxyl groups is 1. The van der Waals surface area contributed by atoms with Crippen LogP contribution in [0.15, 0.2) is 0 Å². The maximum atomic E-state index is 11.4. The second-order valence-corrected chi connectivity index (χ2v) is 4.71. The van der Waals surface area contributed by atoms with Gasteiger partial charge in [0.15, 0.2) is 0 Å². The zero-order valence-corrected chi connectivity index (χ0v) is 10.2. The highest BCUT2D eigenvalue weighted by molar-refractivity contribution is 5.76. The fraction of sp³-hybridized carbons (Fsp3) is 0.909. The zero-order valence-electron chi connectivity index (χ0n) is 10.2. The largest absolute Gasteiger partial charge is 0.395 e. The summed E-state index contributed by atoms with van der Waals surface area (Å²) in [5.74, 6) is 0.377. The molecule has 4 heteroatoms. The van der Waals surface area contributed by atoms with E-state index in [1.165, 1.54) is 0 Å². The zero-order chi connectivity index (χ0) is 11.9. The van der Waals surface area contributed by atoms with E-state index in [1.807, 2.05) is 13.8 Å². The van der Waals surface area contributed by atoms with E-state index in [2.05, 4.69) is 19.2 Å². The SMILES string of the molecule is CC(C)COC(C)(C)CC(=O)NCCO. The number of aliphatic hydroxyl groups excluding tert-OH is 1. The lowest BCUT2D eigenvalue weighted by molar-refractivity contribution is -0.128. The third-order valence-corrected chi connectivity index (χ3v) is 1.83. The predicted molar refractivity (Wildman–Crippen MR) is 59.6 cm³/mol. The van der Waals surface area contributed by atoms with E-state index in [0.29, 0.717) is 25.5 Å². The molecule has 0 fully saturated rings. The van der Waals surface area contributed by atoms with E-state index < -0.39 is 5.60 Å². The Morgan fingerprint density at radius 1 is 1.47 bits per heavy atom. The van der Waals surface area contributed by atoms with Crippen LogP contribution in [0, 0.1) is 5.92 Å². The lowest BCUT2D eigenvalue weighted by Crippen LogP contribution is -2.36. The van der Waals surface area contributed by atoms with Crippen LogP contribution >= 0.6 is 0 Å². The summed E-state index contributed by atoms with van der Waals surface area (Å²) in [5, 5.41) is 11.2. The van der Waals surface area contributed by atoms with Crippen molar-refractivity contribution in [3.05, 3.63) is 0 Å². The minimum Gasteiger partial charge on any atom is -0.395 e. The molecule has 0 saturated heterocycles. The molecule has 2 N–H and O–H groups in total. The van der Waals surface area contributed by atoms with Crippen LogP contribution in [0.4, 0.5) is 0 Å². The average molecular weight is 217 g/mol. The minimum absolute atomic E-state index is 0.0288. The summed E-state index contributed by atoms with van der Waals surface area (Å²) in [6.45, 7) is 8.87. The van der Waals surface area contributed by atoms with Gasteiger partial charge in [0.25, 0.3) is 0 Å². The maximum absolute atomic E-state index is 11.4. The van der Waals surface area contributed by atoms with Crippen LogP contribution in [-0.4, -0.2) is 36.4 Å². The fourth-order valence-corrected chi connectivity index (χ4v) is 1.09. The molecule has 0 aliphatic carbocycles. The lowest BCUT2D eigenvalue weighted by atomic mass is 10.0. The van der Waals surface area contributed by atoms with E-state index in [0.717, 1.165) is 0 Å². The Bertz CT molecular complexity index is 190. The Morgan fingerprint density at radius 2 is 2.07 bits per heavy atom. The summed E-state index contributed by atoms with van der Waals surface area (Å²) in [6.07, 6.45) is 0.319. The summed E-state index contributed by atoms with van der Waals surface area (Å²) in [6, 6.07) is 0. The van der Waals surface area contributed by atoms with Gasteiger partial charge in [-0.3, -0.25) is 4.79 Å². The third kappa shape index (κ3) is 8.39. The molecule has 0 aromatic heterocycles. The molecular formula is C11H23NO3. The van der Waals surface area contributed by atoms with Gasteiger partial charge in [-0.05, 0) is 19.8 Å². The first kappa shape index (κ1) is 14.4. The van der Waals surface area contributed by atoms with Gasteiger partial charge in [0, 0.05) is 13.2 Å². The third-order valence-electron chi connectivity index (χ3n) is 1.83. The molecule has 1 amide bonds. The van der Waals surface area contributed by atoms with Gasteiger partial charge in [0.05, 0.1) is 18.6 Å². The Labute approximate surface area is 92.0 Å². The van der Waals surface area contributed by atoms with Gasteiger partial charge < -0.3 is 15.2 Å². The summed E-state index contributed by atoms with van der Waals surface area (Å²) >= 11 is 0. The van der Waals surface area contributed by atoms with Gasteiger partial charge in [-0.1, -0.05) is 13.8 Å². The Kier molecular flexibility index (Phi) is 6.52. The molecule has 0 aromatic carbocycles. The van der Waals surface area contributed by atoms with Crippen LogP contribution in [0.5, 0.6) is 0 Å². The van der Waals surface area contributed by atoms with E-state index in [1.54, 1.807) is 0 Å². The molecule has 90 valence electrons. The van der Waals surface area contributed by atoms with E-state index in [-0.39, 0.29) is 12.5 Å². The molecule has 0 aliphatic heterocycles. The Morgan fingerprint density at radius 3 is 2.53 bits per heavy atom. The van der Waals surface area contributed by atoms with Crippen molar-refractivity contribution in [3.63, 3.8) is 0 Å². The van der Waals surface area contributed by atoms with Crippen LogP contribution < -0.4 is 5.32 Å². The summed E-state index contributed by atoms with van der Waals surface area (Å²) < 4.78 is 5.62. The molecular weight excluding hydrogens is 194 g/mol. The Balaban J connectivity index is 3.85. The predicted octanol–water partition coefficient (Wildman–Crippen LogP) is 0.936. The first-order chi connectivity index (χ1) is 6.87. The van der Waals surface area contributed by atoms with Gasteiger partial charge in [0.1, 0.15) is 0 Å². The first-order valence-electron chi connectivity index (χ1n) is 5.39. The normalized spacial score (nSPS) is 11.9. The van der Waals surface area contributed by atoms with Crippen molar-refractivity contribution in [1.82, 2.24) is 5.32 Å². The standard InChI is InChI=1S/C11H23NO3/c1-9(2)8-15-11(3,4)7-10(14)12-5-6-13/h9,13H,5-8H2,1-4H3,(H,12,14). The van der Waals surface area contributed by atoms with E-state index in [4.69, 9.17) is 9.84 Å². The molecule has 0 bridgehead atoms. The van der Waals surface area contributed by atoms with Crippen LogP contribution in [-0.2, 0) is 9.53 Å². The fourth-order valence-electron chi connectivity index (χ4n) is 1.09. The van der Waals surface area contributed by atoms with E-state index >= 15 is 0 Å². The maximum Gasteiger partial charge on any atom is 0.222 e. The summed E-state index contributed by atoms with van der Waals surface area (Å²) in [4.78, 5) is 11.4. The number of ether oxygens (including phenoxy) is 1. The van der Waals surface area contributed by atoms with Crippen molar-refractivity contribution >= 4 is 5.91 Å². The second kappa shape index (κ2) is 6.80. The molecule has 0 rings (SSSR count). The van der Waals surface area contributed by atoms with Crippen LogP contribution in [0.2, 0.25) is 0 Å². The molecule has 0 aliphatic rings. The number of rotatable bonds is 7. The molecule has 15 heavy (non-hydrogen) atoms. The van der Waals surface area contributed by atoms with Crippen molar-refractivity contribution < 1.29 is 14.6 Å². The second-order valence-electron chi connectivity index (χ2n) is 4.71. The molecule has 0 spiro atoms. The highest BCUT2D eigenvalue weighted by Crippen LogP contribution is 2.15. The quantitative estimate of drug-likeness (QED) is 0.667. The first-order valence-corrected chi connectivity index (χ1v) is 5.39. The summed E-state index contributed by atoms with van der Waals surface area (Å²) in [5.41, 5.74) is -0.441. The number of amides is 1. The number of carbonyl (C=O) groups excluding carboxylic acids is 1. The highest BCUT2D eigenvalue weighted by Gasteiger charge is 2.22. The topological polar surface area (TPSA) is 58.6 Å². The van der Waals surface area contributed by atoms with Crippen molar-refractivity contribution in [1.29, 1.82) is 0 Å². The monoisotopic (exact) mass is 217 g/mol. The smallest absolute Gasteiger partial charge is 0.222 e. The van der Waals surface area contributed by atoms with E-state index in [9.17, 15) is 4.79 Å². The van der Waals surface area contributed by atoms with Crippen LogP contribution in [0.3, 0.4) is 0 Å². The lowest BCUT2D eigenvalue weighted by Gasteiger charge is -2.25. The molecule has 0 radical (unpaired) electrons. The minimum atomic E-state index is -0.441. The van der Waals surface area contributed by atoms with Crippen molar-refractivity contribution in [2.24, 2.45) is 5.92 Å². The highest BCUT2D eigenvalue weighted by atomic mass is 16.5. The van der Waals surface area contributed by atoms with Crippen LogP contribution in [0.1, 0.15) is 34.1 Å². The number of hydrogen-bond acceptors (Lipinski definition) is 3. The average Bonchev–Trinajstić information content (AvgIpc) is 2.11. The van der Waals surface area contributed by atoms with Gasteiger partial charge in [-0.25, -0.2) is 0 Å². The van der Waals surface area contributed by atoms with Crippen LogP contribution in [0.25, 0.3) is 0 Å². The van der Waals surface area contributed by atoms with Gasteiger partial charge in [-0.2, -0.15) is 0 Å².